The third kappa shape index (κ3) is 3.38. The topological polar surface area (TPSA) is 93.3 Å². The van der Waals surface area contributed by atoms with Crippen LogP contribution in [-0.4, -0.2) is 21.0 Å². The van der Waals surface area contributed by atoms with Crippen LogP contribution in [0.4, 0.5) is 5.69 Å². The van der Waals surface area contributed by atoms with E-state index < -0.39 is 16.8 Å². The normalized spacial score (nSPS) is 15.2. The lowest BCUT2D eigenvalue weighted by Crippen LogP contribution is -2.09. The van der Waals surface area contributed by atoms with Gasteiger partial charge in [-0.1, -0.05) is 25.4 Å². The highest BCUT2D eigenvalue weighted by Gasteiger charge is 2.30. The van der Waals surface area contributed by atoms with Gasteiger partial charge in [-0.3, -0.25) is 19.9 Å². The minimum absolute atomic E-state index is 0.0565. The Hall–Kier alpha value is -2.47. The Kier molecular flexibility index (Phi) is 5.51. The summed E-state index contributed by atoms with van der Waals surface area (Å²) in [5.74, 6) is -1.49. The number of carboxylic acid groups (broad SMARTS) is 1. The molecule has 6 nitrogen and oxygen atoms in total. The van der Waals surface area contributed by atoms with Crippen LogP contribution in [0.1, 0.15) is 37.4 Å². The van der Waals surface area contributed by atoms with E-state index in [9.17, 15) is 14.9 Å². The van der Waals surface area contributed by atoms with E-state index in [1.165, 1.54) is 24.4 Å². The molecule has 0 saturated carbocycles. The summed E-state index contributed by atoms with van der Waals surface area (Å²) in [7, 11) is 0. The number of hydrogen-bond acceptors (Lipinski definition) is 4. The highest BCUT2D eigenvalue weighted by Crippen LogP contribution is 2.37. The molecule has 2 aromatic rings. The van der Waals surface area contributed by atoms with E-state index in [0.717, 1.165) is 5.56 Å². The molecule has 1 aliphatic rings. The number of carbonyl (C=O) groups is 1. The van der Waals surface area contributed by atoms with Gasteiger partial charge in [0.25, 0.3) is 5.69 Å². The van der Waals surface area contributed by atoms with Crippen LogP contribution in [0, 0.1) is 10.1 Å². The molecule has 3 rings (SSSR count). The lowest BCUT2D eigenvalue weighted by Gasteiger charge is -2.08. The number of nitrogens with zero attached hydrogens (tertiary/aromatic N) is 2. The molecular weight excluding hydrogens is 332 g/mol. The summed E-state index contributed by atoms with van der Waals surface area (Å²) in [5.41, 5.74) is 2.25. The number of aromatic nitrogens is 1. The maximum atomic E-state index is 11.2. The maximum absolute atomic E-state index is 11.2. The van der Waals surface area contributed by atoms with Gasteiger partial charge in [0.1, 0.15) is 0 Å². The Morgan fingerprint density at radius 3 is 2.71 bits per heavy atom. The molecule has 7 heteroatoms. The van der Waals surface area contributed by atoms with Crippen LogP contribution < -0.4 is 0 Å². The van der Waals surface area contributed by atoms with Gasteiger partial charge in [0.2, 0.25) is 0 Å². The zero-order chi connectivity index (χ0) is 17.9. The van der Waals surface area contributed by atoms with Gasteiger partial charge in [-0.25, -0.2) is 0 Å². The summed E-state index contributed by atoms with van der Waals surface area (Å²) in [4.78, 5) is 26.1. The lowest BCUT2D eigenvalue weighted by molar-refractivity contribution is -0.384. The zero-order valence-corrected chi connectivity index (χ0v) is 14.1. The van der Waals surface area contributed by atoms with Gasteiger partial charge < -0.3 is 5.11 Å². The van der Waals surface area contributed by atoms with Crippen molar-refractivity contribution < 1.29 is 14.8 Å². The average molecular weight is 349 g/mol. The van der Waals surface area contributed by atoms with E-state index >= 15 is 0 Å². The molecular formula is C17H17ClN2O4. The number of carboxylic acids is 1. The molecule has 126 valence electrons. The fourth-order valence-corrected chi connectivity index (χ4v) is 2.93. The van der Waals surface area contributed by atoms with Crippen molar-refractivity contribution in [2.45, 2.75) is 32.6 Å². The fourth-order valence-electron chi connectivity index (χ4n) is 2.76. The van der Waals surface area contributed by atoms with Gasteiger partial charge in [0.05, 0.1) is 22.1 Å². The van der Waals surface area contributed by atoms with Crippen molar-refractivity contribution in [2.75, 3.05) is 0 Å². The first kappa shape index (κ1) is 17.9. The molecule has 24 heavy (non-hydrogen) atoms. The second-order valence-electron chi connectivity index (χ2n) is 5.12. The molecule has 0 saturated heterocycles. The van der Waals surface area contributed by atoms with E-state index in [4.69, 9.17) is 16.7 Å². The Labute approximate surface area is 144 Å². The molecule has 1 unspecified atom stereocenters. The van der Waals surface area contributed by atoms with Crippen LogP contribution in [-0.2, 0) is 11.2 Å². The number of rotatable bonds is 3. The number of benzene rings is 1. The molecule has 0 bridgehead atoms. The Morgan fingerprint density at radius 1 is 1.38 bits per heavy atom. The highest BCUT2D eigenvalue weighted by molar-refractivity contribution is 6.31. The SMILES string of the molecule is CC.O=C(O)C1CCc2cc(-c3cc(Cl)ccc3[N+](=O)[O-])cnc21. The number of nitro benzene ring substituents is 1. The first-order chi connectivity index (χ1) is 11.5. The van der Waals surface area contributed by atoms with Crippen LogP contribution in [0.15, 0.2) is 30.5 Å². The van der Waals surface area contributed by atoms with Crippen LogP contribution in [0.3, 0.4) is 0 Å². The fraction of sp³-hybridized carbons (Fsp3) is 0.294. The number of halogens is 1. The molecule has 1 aromatic carbocycles. The predicted octanol–water partition coefficient (Wildman–Crippen LogP) is 4.45. The summed E-state index contributed by atoms with van der Waals surface area (Å²) < 4.78 is 0. The van der Waals surface area contributed by atoms with Crippen molar-refractivity contribution >= 4 is 23.3 Å². The van der Waals surface area contributed by atoms with Crippen molar-refractivity contribution in [1.82, 2.24) is 4.98 Å². The third-order valence-corrected chi connectivity index (χ3v) is 4.03. The minimum atomic E-state index is -0.896. The van der Waals surface area contributed by atoms with Crippen LogP contribution in [0.25, 0.3) is 11.1 Å². The first-order valence-corrected chi connectivity index (χ1v) is 8.01. The smallest absolute Gasteiger partial charge is 0.312 e. The van der Waals surface area contributed by atoms with E-state index in [1.807, 2.05) is 13.8 Å². The first-order valence-electron chi connectivity index (χ1n) is 7.63. The molecule has 1 atom stereocenters. The summed E-state index contributed by atoms with van der Waals surface area (Å²) in [6.07, 6.45) is 2.57. The summed E-state index contributed by atoms with van der Waals surface area (Å²) in [6.45, 7) is 4.00. The highest BCUT2D eigenvalue weighted by atomic mass is 35.5. The molecule has 1 N–H and O–H groups in total. The Bertz CT molecular complexity index is 792. The zero-order valence-electron chi connectivity index (χ0n) is 13.3. The molecule has 1 aliphatic carbocycles. The van der Waals surface area contributed by atoms with Gasteiger partial charge in [0.15, 0.2) is 0 Å². The van der Waals surface area contributed by atoms with Gasteiger partial charge in [-0.05, 0) is 36.6 Å². The second-order valence-corrected chi connectivity index (χ2v) is 5.55. The molecule has 1 aromatic heterocycles. The summed E-state index contributed by atoms with van der Waals surface area (Å²) >= 11 is 5.93. The van der Waals surface area contributed by atoms with Crippen LogP contribution in [0.2, 0.25) is 5.02 Å². The van der Waals surface area contributed by atoms with Crippen molar-refractivity contribution in [2.24, 2.45) is 0 Å². The predicted molar refractivity (Wildman–Crippen MR) is 91.4 cm³/mol. The molecule has 1 heterocycles. The number of fused-ring (bicyclic) bond motifs is 1. The number of hydrogen-bond donors (Lipinski definition) is 1. The monoisotopic (exact) mass is 348 g/mol. The lowest BCUT2D eigenvalue weighted by atomic mass is 10.0. The molecule has 0 aliphatic heterocycles. The van der Waals surface area contributed by atoms with Crippen LogP contribution >= 0.6 is 11.6 Å². The van der Waals surface area contributed by atoms with Gasteiger partial charge in [-0.2, -0.15) is 0 Å². The standard InChI is InChI=1S/C15H11ClN2O4.C2H6/c16-10-2-4-13(18(21)22)12(6-10)9-5-8-1-3-11(15(19)20)14(8)17-7-9;1-2/h2,4-7,11H,1,3H2,(H,19,20);1-2H3. The Balaban J connectivity index is 0.00000100. The molecule has 0 amide bonds. The van der Waals surface area contributed by atoms with E-state index in [0.29, 0.717) is 34.7 Å². The third-order valence-electron chi connectivity index (χ3n) is 3.80. The Morgan fingerprint density at radius 2 is 2.08 bits per heavy atom. The number of pyridine rings is 1. The summed E-state index contributed by atoms with van der Waals surface area (Å²) in [6, 6.07) is 6.10. The molecule has 0 radical (unpaired) electrons. The molecule has 0 fully saturated rings. The van der Waals surface area contributed by atoms with Crippen molar-refractivity contribution in [3.8, 4) is 11.1 Å². The quantitative estimate of drug-likeness (QED) is 0.653. The van der Waals surface area contributed by atoms with Gasteiger partial charge in [0, 0.05) is 22.8 Å². The largest absolute Gasteiger partial charge is 0.481 e. The number of aliphatic carboxylic acids is 1. The number of nitro groups is 1. The number of aryl methyl sites for hydroxylation is 1. The summed E-state index contributed by atoms with van der Waals surface area (Å²) in [5, 5.41) is 20.7. The average Bonchev–Trinajstić information content (AvgIpc) is 2.99. The maximum Gasteiger partial charge on any atom is 0.312 e. The van der Waals surface area contributed by atoms with Crippen molar-refractivity contribution in [3.63, 3.8) is 0 Å². The second kappa shape index (κ2) is 7.40. The van der Waals surface area contributed by atoms with E-state index in [1.54, 1.807) is 6.07 Å². The van der Waals surface area contributed by atoms with E-state index in [2.05, 4.69) is 4.98 Å². The minimum Gasteiger partial charge on any atom is -0.481 e. The molecule has 0 spiro atoms. The van der Waals surface area contributed by atoms with E-state index in [-0.39, 0.29) is 5.69 Å². The van der Waals surface area contributed by atoms with Crippen molar-refractivity contribution in [3.05, 3.63) is 56.9 Å². The van der Waals surface area contributed by atoms with Gasteiger partial charge >= 0.3 is 5.97 Å². The van der Waals surface area contributed by atoms with Crippen LogP contribution in [0.5, 0.6) is 0 Å². The van der Waals surface area contributed by atoms with Gasteiger partial charge in [-0.15, -0.1) is 0 Å². The van der Waals surface area contributed by atoms with Crippen molar-refractivity contribution in [1.29, 1.82) is 0 Å².